The Morgan fingerprint density at radius 1 is 1.36 bits per heavy atom. The van der Waals surface area contributed by atoms with Crippen LogP contribution in [0.25, 0.3) is 10.9 Å². The molecule has 1 aromatic heterocycles. The molecule has 3 rings (SSSR count). The molecule has 118 valence electrons. The summed E-state index contributed by atoms with van der Waals surface area (Å²) < 4.78 is 0. The standard InChI is InChI=1S/C18H24N2O2/c1-18(2,3)20(17(21)22)11-10-12-8-9-15-16(12)13-6-4-5-7-14(13)19-15/h4-7,12,19H,8-11H2,1-3H3,(H,21,22). The Balaban J connectivity index is 1.80. The third kappa shape index (κ3) is 2.58. The minimum atomic E-state index is -0.829. The highest BCUT2D eigenvalue weighted by molar-refractivity contribution is 5.85. The van der Waals surface area contributed by atoms with Crippen molar-refractivity contribution in [2.45, 2.75) is 51.5 Å². The first kappa shape index (κ1) is 14.9. The van der Waals surface area contributed by atoms with Crippen molar-refractivity contribution < 1.29 is 9.90 Å². The lowest BCUT2D eigenvalue weighted by molar-refractivity contribution is 0.0981. The molecule has 0 saturated carbocycles. The second-order valence-corrected chi connectivity index (χ2v) is 7.19. The zero-order valence-corrected chi connectivity index (χ0v) is 13.5. The molecule has 1 aliphatic rings. The summed E-state index contributed by atoms with van der Waals surface area (Å²) in [5, 5.41) is 10.7. The van der Waals surface area contributed by atoms with Crippen molar-refractivity contribution in [2.24, 2.45) is 0 Å². The number of nitrogens with one attached hydrogen (secondary N) is 1. The molecule has 4 nitrogen and oxygen atoms in total. The minimum Gasteiger partial charge on any atom is -0.465 e. The lowest BCUT2D eigenvalue weighted by Crippen LogP contribution is -2.45. The van der Waals surface area contributed by atoms with E-state index < -0.39 is 6.09 Å². The molecule has 0 saturated heterocycles. The van der Waals surface area contributed by atoms with Gasteiger partial charge in [0.25, 0.3) is 0 Å². The Morgan fingerprint density at radius 2 is 2.09 bits per heavy atom. The van der Waals surface area contributed by atoms with Gasteiger partial charge in [0.2, 0.25) is 0 Å². The van der Waals surface area contributed by atoms with Crippen molar-refractivity contribution >= 4 is 17.0 Å². The van der Waals surface area contributed by atoms with Crippen molar-refractivity contribution in [1.82, 2.24) is 9.88 Å². The van der Waals surface area contributed by atoms with E-state index in [0.717, 1.165) is 19.3 Å². The molecule has 1 aliphatic carbocycles. The molecular formula is C18H24N2O2. The van der Waals surface area contributed by atoms with Crippen molar-refractivity contribution in [3.63, 3.8) is 0 Å². The van der Waals surface area contributed by atoms with E-state index in [0.29, 0.717) is 12.5 Å². The topological polar surface area (TPSA) is 56.3 Å². The van der Waals surface area contributed by atoms with E-state index in [1.165, 1.54) is 22.2 Å². The van der Waals surface area contributed by atoms with Crippen molar-refractivity contribution in [1.29, 1.82) is 0 Å². The number of rotatable bonds is 3. The highest BCUT2D eigenvalue weighted by Gasteiger charge is 2.30. The minimum absolute atomic E-state index is 0.354. The number of para-hydroxylation sites is 1. The van der Waals surface area contributed by atoms with Crippen molar-refractivity contribution in [3.8, 4) is 0 Å². The molecule has 1 heterocycles. The van der Waals surface area contributed by atoms with Gasteiger partial charge in [0.15, 0.2) is 0 Å². The number of carbonyl (C=O) groups is 1. The summed E-state index contributed by atoms with van der Waals surface area (Å²) in [5.41, 5.74) is 3.59. The molecule has 1 unspecified atom stereocenters. The number of H-pyrrole nitrogens is 1. The van der Waals surface area contributed by atoms with E-state index in [9.17, 15) is 9.90 Å². The van der Waals surface area contributed by atoms with Crippen LogP contribution in [-0.2, 0) is 6.42 Å². The highest BCUT2D eigenvalue weighted by Crippen LogP contribution is 2.40. The van der Waals surface area contributed by atoms with Crippen LogP contribution in [-0.4, -0.2) is 33.2 Å². The number of fused-ring (bicyclic) bond motifs is 3. The SMILES string of the molecule is CC(C)(C)N(CCC1CCc2[nH]c3ccccc3c21)C(=O)O. The van der Waals surface area contributed by atoms with E-state index in [4.69, 9.17) is 0 Å². The normalized spacial score (nSPS) is 17.7. The van der Waals surface area contributed by atoms with Gasteiger partial charge in [-0.05, 0) is 57.6 Å². The molecule has 0 radical (unpaired) electrons. The Hall–Kier alpha value is -1.97. The molecule has 22 heavy (non-hydrogen) atoms. The largest absolute Gasteiger partial charge is 0.465 e. The molecule has 0 aliphatic heterocycles. The third-order valence-electron chi connectivity index (χ3n) is 4.72. The fraction of sp³-hybridized carbons (Fsp3) is 0.500. The van der Waals surface area contributed by atoms with Gasteiger partial charge in [-0.1, -0.05) is 18.2 Å². The van der Waals surface area contributed by atoms with E-state index in [1.54, 1.807) is 4.90 Å². The van der Waals surface area contributed by atoms with Crippen LogP contribution in [0.15, 0.2) is 24.3 Å². The smallest absolute Gasteiger partial charge is 0.407 e. The lowest BCUT2D eigenvalue weighted by Gasteiger charge is -2.34. The van der Waals surface area contributed by atoms with Gasteiger partial charge >= 0.3 is 6.09 Å². The molecule has 0 bridgehead atoms. The summed E-state index contributed by atoms with van der Waals surface area (Å²) in [4.78, 5) is 16.6. The number of hydrogen-bond donors (Lipinski definition) is 2. The number of nitrogens with zero attached hydrogens (tertiary/aromatic N) is 1. The maximum Gasteiger partial charge on any atom is 0.407 e. The van der Waals surface area contributed by atoms with Gasteiger partial charge in [0, 0.05) is 28.7 Å². The highest BCUT2D eigenvalue weighted by atomic mass is 16.4. The van der Waals surface area contributed by atoms with Crippen LogP contribution in [0.4, 0.5) is 4.79 Å². The van der Waals surface area contributed by atoms with Gasteiger partial charge in [0.05, 0.1) is 0 Å². The fourth-order valence-electron chi connectivity index (χ4n) is 3.64. The first-order chi connectivity index (χ1) is 10.4. The van der Waals surface area contributed by atoms with Crippen molar-refractivity contribution in [3.05, 3.63) is 35.5 Å². The molecule has 1 amide bonds. The monoisotopic (exact) mass is 300 g/mol. The summed E-state index contributed by atoms with van der Waals surface area (Å²) in [6.07, 6.45) is 2.24. The van der Waals surface area contributed by atoms with E-state index in [2.05, 4.69) is 29.2 Å². The number of benzene rings is 1. The van der Waals surface area contributed by atoms with Crippen LogP contribution in [0, 0.1) is 0 Å². The van der Waals surface area contributed by atoms with Crippen LogP contribution in [0.2, 0.25) is 0 Å². The van der Waals surface area contributed by atoms with Gasteiger partial charge in [-0.25, -0.2) is 4.79 Å². The van der Waals surface area contributed by atoms with Crippen molar-refractivity contribution in [2.75, 3.05) is 6.54 Å². The Kier molecular flexibility index (Phi) is 3.63. The van der Waals surface area contributed by atoms with Gasteiger partial charge in [-0.15, -0.1) is 0 Å². The average Bonchev–Trinajstić information content (AvgIpc) is 2.96. The number of carboxylic acid groups (broad SMARTS) is 1. The predicted octanol–water partition coefficient (Wildman–Crippen LogP) is 4.37. The Labute approximate surface area is 131 Å². The molecule has 2 N–H and O–H groups in total. The maximum absolute atomic E-state index is 11.5. The van der Waals surface area contributed by atoms with E-state index in [-0.39, 0.29) is 5.54 Å². The van der Waals surface area contributed by atoms with Crippen LogP contribution in [0.3, 0.4) is 0 Å². The van der Waals surface area contributed by atoms with Gasteiger partial charge < -0.3 is 15.0 Å². The summed E-state index contributed by atoms with van der Waals surface area (Å²) in [6.45, 7) is 6.44. The summed E-state index contributed by atoms with van der Waals surface area (Å²) >= 11 is 0. The summed E-state index contributed by atoms with van der Waals surface area (Å²) in [6, 6.07) is 8.41. The first-order valence-corrected chi connectivity index (χ1v) is 7.98. The predicted molar refractivity (Wildman–Crippen MR) is 88.5 cm³/mol. The van der Waals surface area contributed by atoms with E-state index in [1.807, 2.05) is 20.8 Å². The van der Waals surface area contributed by atoms with Gasteiger partial charge in [-0.3, -0.25) is 0 Å². The number of hydrogen-bond acceptors (Lipinski definition) is 1. The molecule has 2 aromatic rings. The lowest BCUT2D eigenvalue weighted by atomic mass is 9.95. The second kappa shape index (κ2) is 5.34. The van der Waals surface area contributed by atoms with E-state index >= 15 is 0 Å². The Bertz CT molecular complexity index is 697. The second-order valence-electron chi connectivity index (χ2n) is 7.19. The fourth-order valence-corrected chi connectivity index (χ4v) is 3.64. The van der Waals surface area contributed by atoms with Crippen LogP contribution >= 0.6 is 0 Å². The molecule has 4 heteroatoms. The Morgan fingerprint density at radius 3 is 2.77 bits per heavy atom. The number of aryl methyl sites for hydroxylation is 1. The summed E-state index contributed by atoms with van der Waals surface area (Å²) in [7, 11) is 0. The summed E-state index contributed by atoms with van der Waals surface area (Å²) in [5.74, 6) is 0.454. The molecule has 0 fully saturated rings. The number of aromatic nitrogens is 1. The van der Waals surface area contributed by atoms with Crippen LogP contribution < -0.4 is 0 Å². The van der Waals surface area contributed by atoms with Gasteiger partial charge in [0.1, 0.15) is 0 Å². The molecular weight excluding hydrogens is 276 g/mol. The molecule has 0 spiro atoms. The van der Waals surface area contributed by atoms with Crippen LogP contribution in [0.5, 0.6) is 0 Å². The van der Waals surface area contributed by atoms with Gasteiger partial charge in [-0.2, -0.15) is 0 Å². The average molecular weight is 300 g/mol. The molecule has 1 aromatic carbocycles. The number of aromatic amines is 1. The third-order valence-corrected chi connectivity index (χ3v) is 4.72. The first-order valence-electron chi connectivity index (χ1n) is 7.98. The quantitative estimate of drug-likeness (QED) is 0.884. The zero-order valence-electron chi connectivity index (χ0n) is 13.5. The van der Waals surface area contributed by atoms with Crippen LogP contribution in [0.1, 0.15) is 50.8 Å². The zero-order chi connectivity index (χ0) is 15.9. The maximum atomic E-state index is 11.5. The number of amides is 1. The molecule has 1 atom stereocenters.